The highest BCUT2D eigenvalue weighted by atomic mass is 16.7. The second kappa shape index (κ2) is 7.87. The average Bonchev–Trinajstić information content (AvgIpc) is 2.53. The van der Waals surface area contributed by atoms with Crippen molar-refractivity contribution in [2.75, 3.05) is 6.79 Å². The van der Waals surface area contributed by atoms with E-state index in [2.05, 4.69) is 5.32 Å². The third kappa shape index (κ3) is 5.13. The molecule has 27 heavy (non-hydrogen) atoms. The number of phenols is 1. The summed E-state index contributed by atoms with van der Waals surface area (Å²) in [4.78, 5) is 35.2. The molecule has 0 fully saturated rings. The SMILES string of the molecule is CC(=O)N[C@H]1Cc2cc(O)cc(C(=O)OCOC(=O)C(C)(C)C)c2OB1O. The van der Waals surface area contributed by atoms with Gasteiger partial charge in [-0.2, -0.15) is 0 Å². The van der Waals surface area contributed by atoms with Gasteiger partial charge in [0.05, 0.1) is 11.4 Å². The van der Waals surface area contributed by atoms with Crippen molar-refractivity contribution < 1.29 is 38.6 Å². The molecule has 0 saturated carbocycles. The number of rotatable bonds is 4. The second-order valence-electron chi connectivity index (χ2n) is 7.23. The summed E-state index contributed by atoms with van der Waals surface area (Å²) < 4.78 is 15.1. The molecule has 1 amide bonds. The summed E-state index contributed by atoms with van der Waals surface area (Å²) in [5.41, 5.74) is -0.461. The van der Waals surface area contributed by atoms with Crippen LogP contribution in [0.25, 0.3) is 0 Å². The topological polar surface area (TPSA) is 131 Å². The number of hydrogen-bond acceptors (Lipinski definition) is 8. The number of amides is 1. The fraction of sp³-hybridized carbons (Fsp3) is 0.471. The van der Waals surface area contributed by atoms with Crippen LogP contribution in [0.5, 0.6) is 11.5 Å². The van der Waals surface area contributed by atoms with Crippen LogP contribution < -0.4 is 9.97 Å². The number of benzene rings is 1. The Balaban J connectivity index is 2.14. The molecule has 1 heterocycles. The Hall–Kier alpha value is -2.75. The second-order valence-corrected chi connectivity index (χ2v) is 7.23. The average molecular weight is 379 g/mol. The predicted octanol–water partition coefficient (Wildman–Crippen LogP) is 0.555. The van der Waals surface area contributed by atoms with Gasteiger partial charge < -0.3 is 29.6 Å². The fourth-order valence-corrected chi connectivity index (χ4v) is 2.47. The fourth-order valence-electron chi connectivity index (χ4n) is 2.47. The molecule has 0 spiro atoms. The number of esters is 2. The monoisotopic (exact) mass is 379 g/mol. The maximum atomic E-state index is 12.3. The number of fused-ring (bicyclic) bond motifs is 1. The van der Waals surface area contributed by atoms with E-state index in [9.17, 15) is 24.5 Å². The summed E-state index contributed by atoms with van der Waals surface area (Å²) in [5.74, 6) is -2.70. The van der Waals surface area contributed by atoms with Crippen LogP contribution in [0.15, 0.2) is 12.1 Å². The minimum atomic E-state index is -1.38. The molecule has 0 saturated heterocycles. The number of phenolic OH excluding ortho intramolecular Hbond substituents is 1. The molecule has 10 heteroatoms. The quantitative estimate of drug-likeness (QED) is 0.393. The van der Waals surface area contributed by atoms with Gasteiger partial charge in [0.2, 0.25) is 12.7 Å². The van der Waals surface area contributed by atoms with Crippen LogP contribution in [0.2, 0.25) is 0 Å². The Morgan fingerprint density at radius 3 is 2.56 bits per heavy atom. The minimum Gasteiger partial charge on any atom is -0.534 e. The van der Waals surface area contributed by atoms with Crippen molar-refractivity contribution in [3.05, 3.63) is 23.3 Å². The Morgan fingerprint density at radius 1 is 1.30 bits per heavy atom. The minimum absolute atomic E-state index is 0.0362. The van der Waals surface area contributed by atoms with Crippen LogP contribution in [-0.2, 0) is 25.5 Å². The maximum absolute atomic E-state index is 12.3. The number of ether oxygens (including phenoxy) is 2. The first-order valence-electron chi connectivity index (χ1n) is 8.31. The molecule has 3 N–H and O–H groups in total. The van der Waals surface area contributed by atoms with E-state index >= 15 is 0 Å². The smallest absolute Gasteiger partial charge is 0.534 e. The molecule has 1 atom stereocenters. The molecule has 1 aromatic rings. The van der Waals surface area contributed by atoms with Gasteiger partial charge in [0.25, 0.3) is 0 Å². The van der Waals surface area contributed by atoms with E-state index in [0.29, 0.717) is 5.56 Å². The van der Waals surface area contributed by atoms with Crippen LogP contribution in [0.3, 0.4) is 0 Å². The van der Waals surface area contributed by atoms with Gasteiger partial charge in [-0.1, -0.05) is 0 Å². The van der Waals surface area contributed by atoms with Crippen molar-refractivity contribution in [2.45, 2.75) is 40.1 Å². The van der Waals surface area contributed by atoms with Crippen LogP contribution in [0, 0.1) is 5.41 Å². The van der Waals surface area contributed by atoms with Crippen LogP contribution in [0.1, 0.15) is 43.6 Å². The van der Waals surface area contributed by atoms with E-state index in [-0.39, 0.29) is 29.4 Å². The molecule has 0 bridgehead atoms. The van der Waals surface area contributed by atoms with Gasteiger partial charge in [0, 0.05) is 6.92 Å². The van der Waals surface area contributed by atoms with Crippen LogP contribution in [0.4, 0.5) is 0 Å². The normalized spacial score (nSPS) is 16.0. The Morgan fingerprint density at radius 2 is 1.96 bits per heavy atom. The molecule has 1 aliphatic rings. The van der Waals surface area contributed by atoms with Crippen molar-refractivity contribution in [1.82, 2.24) is 5.32 Å². The van der Waals surface area contributed by atoms with E-state index in [1.165, 1.54) is 13.0 Å². The first kappa shape index (κ1) is 20.6. The lowest BCUT2D eigenvalue weighted by atomic mass is 9.72. The van der Waals surface area contributed by atoms with E-state index in [0.717, 1.165) is 6.07 Å². The zero-order valence-electron chi connectivity index (χ0n) is 15.6. The lowest BCUT2D eigenvalue weighted by Crippen LogP contribution is -2.52. The predicted molar refractivity (Wildman–Crippen MR) is 93.8 cm³/mol. The van der Waals surface area contributed by atoms with E-state index in [1.54, 1.807) is 20.8 Å². The van der Waals surface area contributed by atoms with Gasteiger partial charge in [-0.15, -0.1) is 0 Å². The molecule has 2 rings (SSSR count). The Kier molecular flexibility index (Phi) is 5.99. The number of aromatic hydroxyl groups is 1. The summed E-state index contributed by atoms with van der Waals surface area (Å²) in [6.45, 7) is 5.67. The highest BCUT2D eigenvalue weighted by Crippen LogP contribution is 2.34. The van der Waals surface area contributed by atoms with E-state index in [4.69, 9.17) is 14.1 Å². The lowest BCUT2D eigenvalue weighted by Gasteiger charge is -2.29. The Labute approximate surface area is 156 Å². The number of carbonyl (C=O) groups is 3. The van der Waals surface area contributed by atoms with Gasteiger partial charge in [0.1, 0.15) is 17.1 Å². The summed E-state index contributed by atoms with van der Waals surface area (Å²) in [7, 11) is -1.38. The highest BCUT2D eigenvalue weighted by molar-refractivity contribution is 6.47. The van der Waals surface area contributed by atoms with Gasteiger partial charge >= 0.3 is 19.1 Å². The molecular formula is C17H22BNO8. The van der Waals surface area contributed by atoms with E-state index in [1.807, 2.05) is 0 Å². The van der Waals surface area contributed by atoms with Crippen molar-refractivity contribution in [1.29, 1.82) is 0 Å². The van der Waals surface area contributed by atoms with Crippen molar-refractivity contribution >= 4 is 25.0 Å². The molecule has 0 aliphatic carbocycles. The third-order valence-electron chi connectivity index (χ3n) is 3.77. The van der Waals surface area contributed by atoms with E-state index < -0.39 is 37.2 Å². The zero-order valence-corrected chi connectivity index (χ0v) is 15.6. The molecule has 1 aromatic carbocycles. The third-order valence-corrected chi connectivity index (χ3v) is 3.77. The molecule has 0 radical (unpaired) electrons. The number of hydrogen-bond donors (Lipinski definition) is 3. The summed E-state index contributed by atoms with van der Waals surface area (Å²) >= 11 is 0. The molecule has 146 valence electrons. The van der Waals surface area contributed by atoms with Crippen LogP contribution in [-0.4, -0.2) is 47.8 Å². The molecule has 0 unspecified atom stereocenters. The van der Waals surface area contributed by atoms with Crippen molar-refractivity contribution in [3.63, 3.8) is 0 Å². The molecule has 0 aromatic heterocycles. The Bertz CT molecular complexity index is 758. The van der Waals surface area contributed by atoms with Crippen molar-refractivity contribution in [2.24, 2.45) is 5.41 Å². The van der Waals surface area contributed by atoms with Gasteiger partial charge in [-0.05, 0) is 44.9 Å². The first-order chi connectivity index (χ1) is 12.5. The largest absolute Gasteiger partial charge is 0.547 e. The van der Waals surface area contributed by atoms with Crippen LogP contribution >= 0.6 is 0 Å². The summed E-state index contributed by atoms with van der Waals surface area (Å²) in [5, 5.41) is 22.5. The maximum Gasteiger partial charge on any atom is 0.547 e. The zero-order chi connectivity index (χ0) is 20.4. The van der Waals surface area contributed by atoms with Gasteiger partial charge in [-0.25, -0.2) is 4.79 Å². The number of carbonyl (C=O) groups excluding carboxylic acids is 3. The van der Waals surface area contributed by atoms with Crippen molar-refractivity contribution in [3.8, 4) is 11.5 Å². The first-order valence-corrected chi connectivity index (χ1v) is 8.31. The summed E-state index contributed by atoms with van der Waals surface area (Å²) in [6, 6.07) is 2.49. The standard InChI is InChI=1S/C17H22BNO8/c1-9(20)19-13-6-10-5-11(21)7-12(14(10)27-18(13)24)15(22)25-8-26-16(23)17(2,3)4/h5,7,13,21,24H,6,8H2,1-4H3,(H,19,20)/t13-/m0/s1. The molecule has 9 nitrogen and oxygen atoms in total. The van der Waals surface area contributed by atoms with Gasteiger partial charge in [-0.3, -0.25) is 9.59 Å². The molecule has 1 aliphatic heterocycles. The lowest BCUT2D eigenvalue weighted by molar-refractivity contribution is -0.161. The number of nitrogens with one attached hydrogen (secondary N) is 1. The van der Waals surface area contributed by atoms with Gasteiger partial charge in [0.15, 0.2) is 0 Å². The molecular weight excluding hydrogens is 357 g/mol. The highest BCUT2D eigenvalue weighted by Gasteiger charge is 2.38. The summed E-state index contributed by atoms with van der Waals surface area (Å²) in [6.07, 6.45) is 0.143.